The van der Waals surface area contributed by atoms with Crippen LogP contribution in [0.3, 0.4) is 0 Å². The minimum absolute atomic E-state index is 0.322. The van der Waals surface area contributed by atoms with Crippen LogP contribution in [0.15, 0.2) is 17.6 Å². The van der Waals surface area contributed by atoms with E-state index < -0.39 is 16.1 Å². The molecule has 0 fully saturated rings. The fourth-order valence-electron chi connectivity index (χ4n) is 0.695. The van der Waals surface area contributed by atoms with Crippen LogP contribution in [0.2, 0.25) is 0 Å². The fraction of sp³-hybridized carbons (Fsp3) is 0.200. The van der Waals surface area contributed by atoms with E-state index in [4.69, 9.17) is 5.11 Å². The number of nitrogens with zero attached hydrogens (tertiary/aromatic N) is 2. The highest BCUT2D eigenvalue weighted by Crippen LogP contribution is 2.02. The van der Waals surface area contributed by atoms with Crippen molar-refractivity contribution in [3.8, 4) is 0 Å². The minimum atomic E-state index is -4.02. The second-order valence-corrected chi connectivity index (χ2v) is 3.92. The Morgan fingerprint density at radius 2 is 2.31 bits per heavy atom. The van der Waals surface area contributed by atoms with E-state index in [9.17, 15) is 13.2 Å². The van der Waals surface area contributed by atoms with Gasteiger partial charge in [-0.15, -0.1) is 0 Å². The largest absolute Gasteiger partial charge is 0.464 e. The Morgan fingerprint density at radius 3 is 2.69 bits per heavy atom. The van der Waals surface area contributed by atoms with E-state index in [1.54, 1.807) is 7.05 Å². The van der Waals surface area contributed by atoms with E-state index in [0.717, 1.165) is 0 Å². The maximum atomic E-state index is 11.1. The Kier molecular flexibility index (Phi) is 2.24. The lowest BCUT2D eigenvalue weighted by Gasteiger charge is -1.97. The van der Waals surface area contributed by atoms with Crippen LogP contribution in [0.4, 0.5) is 4.79 Å². The molecule has 0 saturated heterocycles. The van der Waals surface area contributed by atoms with Gasteiger partial charge in [0.2, 0.25) is 0 Å². The molecule has 13 heavy (non-hydrogen) atoms. The summed E-state index contributed by atoms with van der Waals surface area (Å²) in [7, 11) is -2.44. The first-order valence-electron chi connectivity index (χ1n) is 3.15. The van der Waals surface area contributed by atoms with Crippen molar-refractivity contribution in [2.24, 2.45) is 7.05 Å². The van der Waals surface area contributed by atoms with Crippen molar-refractivity contribution in [3.63, 3.8) is 0 Å². The molecular weight excluding hydrogens is 198 g/mol. The van der Waals surface area contributed by atoms with Gasteiger partial charge >= 0.3 is 6.09 Å². The first-order chi connectivity index (χ1) is 5.92. The Morgan fingerprint density at radius 1 is 1.69 bits per heavy atom. The van der Waals surface area contributed by atoms with Crippen LogP contribution in [-0.4, -0.2) is 29.2 Å². The number of amides is 1. The van der Waals surface area contributed by atoms with Crippen molar-refractivity contribution >= 4 is 16.1 Å². The monoisotopic (exact) mass is 205 g/mol. The Bertz CT molecular complexity index is 421. The van der Waals surface area contributed by atoms with E-state index in [1.807, 2.05) is 0 Å². The summed E-state index contributed by atoms with van der Waals surface area (Å²) in [5, 5.41) is 7.87. The molecular formula is C5H7N3O4S. The molecule has 1 aromatic rings. The third kappa shape index (κ3) is 2.18. The molecule has 0 aliphatic carbocycles. The van der Waals surface area contributed by atoms with Gasteiger partial charge in [0.15, 0.2) is 5.03 Å². The standard InChI is InChI=1S/C5H7N3O4S/c1-8-2-4(6-3-8)13(11,12)7-5(9)10/h2-3,7H,1H3,(H,9,10). The van der Waals surface area contributed by atoms with Crippen molar-refractivity contribution in [1.82, 2.24) is 14.3 Å². The van der Waals surface area contributed by atoms with Gasteiger partial charge in [-0.2, -0.15) is 8.42 Å². The molecule has 1 rings (SSSR count). The first-order valence-corrected chi connectivity index (χ1v) is 4.64. The Labute approximate surface area is 74.1 Å². The summed E-state index contributed by atoms with van der Waals surface area (Å²) in [6.07, 6.45) is 0.826. The molecule has 0 aliphatic rings. The molecule has 0 bridgehead atoms. The number of carbonyl (C=O) groups is 1. The quantitative estimate of drug-likeness (QED) is 0.669. The van der Waals surface area contributed by atoms with Crippen LogP contribution in [0, 0.1) is 0 Å². The summed E-state index contributed by atoms with van der Waals surface area (Å²) >= 11 is 0. The lowest BCUT2D eigenvalue weighted by molar-refractivity contribution is 0.201. The average Bonchev–Trinajstić information content (AvgIpc) is 2.32. The van der Waals surface area contributed by atoms with Crippen LogP contribution in [0.5, 0.6) is 0 Å². The van der Waals surface area contributed by atoms with Gasteiger partial charge in [0.05, 0.1) is 6.33 Å². The second kappa shape index (κ2) is 3.05. The maximum absolute atomic E-state index is 11.1. The van der Waals surface area contributed by atoms with Crippen LogP contribution < -0.4 is 4.72 Å². The molecule has 1 amide bonds. The molecule has 1 aromatic heterocycles. The first kappa shape index (κ1) is 9.52. The number of carboxylic acid groups (broad SMARTS) is 1. The number of aryl methyl sites for hydroxylation is 1. The van der Waals surface area contributed by atoms with Crippen molar-refractivity contribution < 1.29 is 18.3 Å². The zero-order valence-electron chi connectivity index (χ0n) is 6.63. The molecule has 1 heterocycles. The van der Waals surface area contributed by atoms with E-state index >= 15 is 0 Å². The number of hydrogen-bond donors (Lipinski definition) is 2. The van der Waals surface area contributed by atoms with E-state index in [2.05, 4.69) is 4.98 Å². The van der Waals surface area contributed by atoms with E-state index in [1.165, 1.54) is 21.8 Å². The number of sulfonamides is 1. The molecule has 8 heteroatoms. The minimum Gasteiger partial charge on any atom is -0.464 e. The highest BCUT2D eigenvalue weighted by Gasteiger charge is 2.19. The number of nitrogens with one attached hydrogen (secondary N) is 1. The predicted octanol–water partition coefficient (Wildman–Crippen LogP) is -0.624. The maximum Gasteiger partial charge on any atom is 0.418 e. The van der Waals surface area contributed by atoms with Gasteiger partial charge in [-0.3, -0.25) is 0 Å². The second-order valence-electron chi connectivity index (χ2n) is 2.29. The van der Waals surface area contributed by atoms with E-state index in [-0.39, 0.29) is 5.03 Å². The van der Waals surface area contributed by atoms with Crippen LogP contribution in [-0.2, 0) is 17.1 Å². The topological polar surface area (TPSA) is 101 Å². The summed E-state index contributed by atoms with van der Waals surface area (Å²) in [6, 6.07) is 0. The smallest absolute Gasteiger partial charge is 0.418 e. The summed E-state index contributed by atoms with van der Waals surface area (Å²) < 4.78 is 24.9. The average molecular weight is 205 g/mol. The molecule has 72 valence electrons. The summed E-state index contributed by atoms with van der Waals surface area (Å²) in [6.45, 7) is 0. The molecule has 0 saturated carbocycles. The molecule has 0 unspecified atom stereocenters. The van der Waals surface area contributed by atoms with Crippen molar-refractivity contribution in [1.29, 1.82) is 0 Å². The number of aromatic nitrogens is 2. The zero-order valence-corrected chi connectivity index (χ0v) is 7.45. The summed E-state index contributed by atoms with van der Waals surface area (Å²) in [4.78, 5) is 13.6. The van der Waals surface area contributed by atoms with Gasteiger partial charge in [0.1, 0.15) is 0 Å². The SMILES string of the molecule is Cn1cnc(S(=O)(=O)NC(=O)O)c1. The van der Waals surface area contributed by atoms with Gasteiger partial charge in [-0.25, -0.2) is 14.5 Å². The third-order valence-electron chi connectivity index (χ3n) is 1.18. The van der Waals surface area contributed by atoms with Crippen molar-refractivity contribution in [2.45, 2.75) is 5.03 Å². The summed E-state index contributed by atoms with van der Waals surface area (Å²) in [5.41, 5.74) is 0. The molecule has 7 nitrogen and oxygen atoms in total. The molecule has 0 spiro atoms. The highest BCUT2D eigenvalue weighted by atomic mass is 32.2. The molecule has 0 radical (unpaired) electrons. The van der Waals surface area contributed by atoms with Crippen LogP contribution >= 0.6 is 0 Å². The van der Waals surface area contributed by atoms with Crippen LogP contribution in [0.1, 0.15) is 0 Å². The van der Waals surface area contributed by atoms with E-state index in [0.29, 0.717) is 0 Å². The van der Waals surface area contributed by atoms with Gasteiger partial charge in [-0.1, -0.05) is 0 Å². The normalized spacial score (nSPS) is 11.2. The number of hydrogen-bond acceptors (Lipinski definition) is 4. The molecule has 0 atom stereocenters. The van der Waals surface area contributed by atoms with Crippen LogP contribution in [0.25, 0.3) is 0 Å². The van der Waals surface area contributed by atoms with Gasteiger partial charge < -0.3 is 9.67 Å². The van der Waals surface area contributed by atoms with Gasteiger partial charge in [0.25, 0.3) is 10.0 Å². The molecule has 2 N–H and O–H groups in total. The Balaban J connectivity index is 3.01. The molecule has 0 aromatic carbocycles. The third-order valence-corrected chi connectivity index (χ3v) is 2.38. The van der Waals surface area contributed by atoms with Gasteiger partial charge in [0, 0.05) is 13.2 Å². The highest BCUT2D eigenvalue weighted by molar-refractivity contribution is 7.90. The zero-order chi connectivity index (χ0) is 10.1. The van der Waals surface area contributed by atoms with Crippen molar-refractivity contribution in [2.75, 3.05) is 0 Å². The Hall–Kier alpha value is -1.57. The van der Waals surface area contributed by atoms with Gasteiger partial charge in [-0.05, 0) is 0 Å². The number of imidazole rings is 1. The lowest BCUT2D eigenvalue weighted by Crippen LogP contribution is -2.29. The fourth-order valence-corrected chi connectivity index (χ4v) is 1.52. The summed E-state index contributed by atoms with van der Waals surface area (Å²) in [5.74, 6) is 0. The number of rotatable bonds is 2. The molecule has 0 aliphatic heterocycles. The van der Waals surface area contributed by atoms with Crippen molar-refractivity contribution in [3.05, 3.63) is 12.5 Å². The lowest BCUT2D eigenvalue weighted by atomic mass is 10.9. The predicted molar refractivity (Wildman–Crippen MR) is 41.6 cm³/mol.